The normalized spacial score (nSPS) is 8.15. The highest BCUT2D eigenvalue weighted by Gasteiger charge is 2.08. The van der Waals surface area contributed by atoms with Gasteiger partial charge in [-0.25, -0.2) is 0 Å². The lowest BCUT2D eigenvalue weighted by Gasteiger charge is -1.76. The monoisotopic (exact) mass is 209 g/mol. The molecule has 0 aromatic heterocycles. The van der Waals surface area contributed by atoms with E-state index in [0.717, 1.165) is 0 Å². The van der Waals surface area contributed by atoms with Crippen LogP contribution in [0.15, 0.2) is 25.3 Å². The molecule has 1 atom stereocenters. The van der Waals surface area contributed by atoms with Crippen LogP contribution in [0.5, 0.6) is 0 Å². The average Bonchev–Trinajstić information content (AvgIpc) is 2.04. The van der Waals surface area contributed by atoms with Gasteiger partial charge in [0.15, 0.2) is 0 Å². The second-order valence-corrected chi connectivity index (χ2v) is 2.35. The van der Waals surface area contributed by atoms with Gasteiger partial charge in [-0.3, -0.25) is 0 Å². The summed E-state index contributed by atoms with van der Waals surface area (Å²) in [6.45, 7) is 10.2. The lowest BCUT2D eigenvalue weighted by atomic mass is 10.8. The number of hydrogen-bond donors (Lipinski definition) is 2. The van der Waals surface area contributed by atoms with E-state index in [1.807, 2.05) is 13.8 Å². The highest BCUT2D eigenvalue weighted by molar-refractivity contribution is 7.32. The molecule has 0 aromatic carbocycles. The maximum Gasteiger partial charge on any atom is 0.694 e. The Labute approximate surface area is 80.5 Å². The first-order valence-electron chi connectivity index (χ1n) is 3.64. The number of allylic oxidation sites excluding steroid dienone is 2. The van der Waals surface area contributed by atoms with E-state index in [4.69, 9.17) is 10.00 Å². The fourth-order valence-corrected chi connectivity index (χ4v) is 0.357. The summed E-state index contributed by atoms with van der Waals surface area (Å²) in [7, 11) is -2.52. The van der Waals surface area contributed by atoms with Gasteiger partial charge in [-0.05, 0) is 13.8 Å². The van der Waals surface area contributed by atoms with Gasteiger partial charge in [0.05, 0.1) is 6.61 Å². The molecule has 0 heterocycles. The van der Waals surface area contributed by atoms with Crippen molar-refractivity contribution in [2.45, 2.75) is 13.8 Å². The molecule has 1 unspecified atom stereocenters. The molecule has 0 saturated heterocycles. The Morgan fingerprint density at radius 3 is 1.77 bits per heavy atom. The van der Waals surface area contributed by atoms with Crippen LogP contribution in [-0.4, -0.2) is 23.2 Å². The SMILES string of the molecule is C=CC.C=CC.O=[P+](O)OCCO. The second kappa shape index (κ2) is 22.5. The third-order valence-corrected chi connectivity index (χ3v) is 0.696. The highest BCUT2D eigenvalue weighted by atomic mass is 31.1. The van der Waals surface area contributed by atoms with Crippen LogP contribution in [0.25, 0.3) is 0 Å². The molecule has 0 amide bonds. The summed E-state index contributed by atoms with van der Waals surface area (Å²) in [5.41, 5.74) is 0. The Morgan fingerprint density at radius 2 is 1.69 bits per heavy atom. The van der Waals surface area contributed by atoms with E-state index in [2.05, 4.69) is 17.7 Å². The second-order valence-electron chi connectivity index (χ2n) is 1.61. The quantitative estimate of drug-likeness (QED) is 0.551. The van der Waals surface area contributed by atoms with Crippen molar-refractivity contribution < 1.29 is 19.1 Å². The van der Waals surface area contributed by atoms with E-state index in [9.17, 15) is 4.57 Å². The van der Waals surface area contributed by atoms with Crippen LogP contribution in [0, 0.1) is 0 Å². The molecule has 0 radical (unpaired) electrons. The fraction of sp³-hybridized carbons (Fsp3) is 0.500. The molecule has 0 fully saturated rings. The molecule has 0 aromatic rings. The lowest BCUT2D eigenvalue weighted by molar-refractivity contribution is 0.193. The van der Waals surface area contributed by atoms with E-state index < -0.39 is 8.25 Å². The van der Waals surface area contributed by atoms with Gasteiger partial charge in [0, 0.05) is 4.57 Å². The van der Waals surface area contributed by atoms with Crippen molar-refractivity contribution in [2.24, 2.45) is 0 Å². The molecule has 4 nitrogen and oxygen atoms in total. The van der Waals surface area contributed by atoms with Gasteiger partial charge in [0.2, 0.25) is 0 Å². The molecule has 0 aliphatic carbocycles. The van der Waals surface area contributed by atoms with Crippen molar-refractivity contribution in [1.29, 1.82) is 0 Å². The van der Waals surface area contributed by atoms with Crippen LogP contribution in [0.3, 0.4) is 0 Å². The minimum absolute atomic E-state index is 0.0777. The standard InChI is InChI=1S/2C3H6.C2H5O4P/c2*1-3-2;3-1-2-6-7(4)5/h2*3H,1H2,2H3;3H,1-2H2/p+1. The van der Waals surface area contributed by atoms with E-state index in [1.165, 1.54) is 0 Å². The van der Waals surface area contributed by atoms with E-state index in [1.54, 1.807) is 12.2 Å². The van der Waals surface area contributed by atoms with Gasteiger partial charge in [0.25, 0.3) is 0 Å². The van der Waals surface area contributed by atoms with Crippen LogP contribution in [0.4, 0.5) is 0 Å². The van der Waals surface area contributed by atoms with Gasteiger partial charge in [-0.2, -0.15) is 0 Å². The molecule has 0 aliphatic heterocycles. The highest BCUT2D eigenvalue weighted by Crippen LogP contribution is 2.12. The third kappa shape index (κ3) is 85.7. The predicted octanol–water partition coefficient (Wildman–Crippen LogP) is 2.03. The van der Waals surface area contributed by atoms with Gasteiger partial charge in [-0.15, -0.1) is 22.6 Å². The van der Waals surface area contributed by atoms with Gasteiger partial charge in [0.1, 0.15) is 6.61 Å². The van der Waals surface area contributed by atoms with Gasteiger partial charge >= 0.3 is 8.25 Å². The zero-order valence-corrected chi connectivity index (χ0v) is 9.04. The first kappa shape index (κ1) is 18.3. The smallest absolute Gasteiger partial charge is 0.394 e. The zero-order valence-electron chi connectivity index (χ0n) is 8.14. The van der Waals surface area contributed by atoms with Crippen LogP contribution < -0.4 is 0 Å². The molecular formula is C8H18O4P+. The molecular weight excluding hydrogens is 191 g/mol. The Balaban J connectivity index is -0.000000140. The summed E-state index contributed by atoms with van der Waals surface area (Å²) < 4.78 is 13.6. The number of aliphatic hydroxyl groups excluding tert-OH is 1. The first-order chi connectivity index (χ1) is 6.10. The molecule has 78 valence electrons. The molecule has 13 heavy (non-hydrogen) atoms. The third-order valence-electron chi connectivity index (χ3n) is 0.293. The Morgan fingerprint density at radius 1 is 1.38 bits per heavy atom. The topological polar surface area (TPSA) is 66.8 Å². The largest absolute Gasteiger partial charge is 0.694 e. The van der Waals surface area contributed by atoms with Crippen molar-refractivity contribution in [3.8, 4) is 0 Å². The van der Waals surface area contributed by atoms with Crippen molar-refractivity contribution >= 4 is 8.25 Å². The Hall–Kier alpha value is -0.540. The minimum Gasteiger partial charge on any atom is -0.394 e. The fourth-order valence-electron chi connectivity index (χ4n) is 0.119. The molecule has 0 saturated carbocycles. The molecule has 0 rings (SSSR count). The summed E-state index contributed by atoms with van der Waals surface area (Å²) >= 11 is 0. The summed E-state index contributed by atoms with van der Waals surface area (Å²) in [6.07, 6.45) is 3.50. The van der Waals surface area contributed by atoms with Crippen molar-refractivity contribution in [1.82, 2.24) is 0 Å². The van der Waals surface area contributed by atoms with Crippen LogP contribution in [-0.2, 0) is 9.09 Å². The molecule has 2 N–H and O–H groups in total. The number of aliphatic hydroxyl groups is 1. The summed E-state index contributed by atoms with van der Waals surface area (Å²) in [5, 5.41) is 7.95. The number of rotatable bonds is 3. The molecule has 0 bridgehead atoms. The Kier molecular flexibility index (Phi) is 31.7. The molecule has 0 spiro atoms. The van der Waals surface area contributed by atoms with Gasteiger partial charge < -0.3 is 5.11 Å². The van der Waals surface area contributed by atoms with Crippen molar-refractivity contribution in [2.75, 3.05) is 13.2 Å². The minimum atomic E-state index is -2.52. The van der Waals surface area contributed by atoms with Crippen molar-refractivity contribution in [3.05, 3.63) is 25.3 Å². The maximum atomic E-state index is 9.57. The average molecular weight is 209 g/mol. The van der Waals surface area contributed by atoms with E-state index in [0.29, 0.717) is 0 Å². The van der Waals surface area contributed by atoms with Gasteiger partial charge in [-0.1, -0.05) is 12.2 Å². The zero-order chi connectivity index (χ0) is 11.1. The molecule has 5 heteroatoms. The maximum absolute atomic E-state index is 9.57. The van der Waals surface area contributed by atoms with E-state index >= 15 is 0 Å². The van der Waals surface area contributed by atoms with Crippen LogP contribution >= 0.6 is 8.25 Å². The number of hydrogen-bond acceptors (Lipinski definition) is 3. The predicted molar refractivity (Wildman–Crippen MR) is 54.6 cm³/mol. The first-order valence-corrected chi connectivity index (χ1v) is 4.77. The van der Waals surface area contributed by atoms with Crippen LogP contribution in [0.1, 0.15) is 13.8 Å². The Bertz CT molecular complexity index is 119. The van der Waals surface area contributed by atoms with Crippen molar-refractivity contribution in [3.63, 3.8) is 0 Å². The lowest BCUT2D eigenvalue weighted by Crippen LogP contribution is -1.90. The summed E-state index contributed by atoms with van der Waals surface area (Å²) in [6, 6.07) is 0. The molecule has 0 aliphatic rings. The summed E-state index contributed by atoms with van der Waals surface area (Å²) in [5.74, 6) is 0. The van der Waals surface area contributed by atoms with E-state index in [-0.39, 0.29) is 13.2 Å². The summed E-state index contributed by atoms with van der Waals surface area (Å²) in [4.78, 5) is 7.86. The van der Waals surface area contributed by atoms with Crippen LogP contribution in [0.2, 0.25) is 0 Å².